The lowest BCUT2D eigenvalue weighted by Crippen LogP contribution is -2.05. The summed E-state index contributed by atoms with van der Waals surface area (Å²) >= 11 is 0. The monoisotopic (exact) mass is 345 g/mol. The zero-order chi connectivity index (χ0) is 17.9. The number of anilines is 1. The van der Waals surface area contributed by atoms with Gasteiger partial charge >= 0.3 is 6.18 Å². The van der Waals surface area contributed by atoms with Gasteiger partial charge in [0.25, 0.3) is 0 Å². The second-order valence-electron chi connectivity index (χ2n) is 5.20. The fourth-order valence-corrected chi connectivity index (χ4v) is 2.38. The van der Waals surface area contributed by atoms with Gasteiger partial charge in [-0.3, -0.25) is 5.43 Å². The summed E-state index contributed by atoms with van der Waals surface area (Å²) in [6.07, 6.45) is -2.06. The molecule has 0 unspecified atom stereocenters. The lowest BCUT2D eigenvalue weighted by Gasteiger charge is -2.08. The average Bonchev–Trinajstić information content (AvgIpc) is 2.61. The second kappa shape index (κ2) is 6.80. The number of aromatic nitrogens is 1. The van der Waals surface area contributed by atoms with Crippen LogP contribution in [-0.2, 0) is 6.18 Å². The van der Waals surface area contributed by atoms with E-state index in [1.54, 1.807) is 13.3 Å². The molecule has 1 N–H and O–H groups in total. The quantitative estimate of drug-likeness (QED) is 0.550. The Morgan fingerprint density at radius 1 is 1.04 bits per heavy atom. The van der Waals surface area contributed by atoms with E-state index in [2.05, 4.69) is 15.5 Å². The van der Waals surface area contributed by atoms with Gasteiger partial charge in [-0.1, -0.05) is 24.3 Å². The zero-order valence-electron chi connectivity index (χ0n) is 13.2. The molecule has 0 bridgehead atoms. The maximum Gasteiger partial charge on any atom is 0.417 e. The molecule has 1 aromatic heterocycles. The Bertz CT molecular complexity index is 906. The van der Waals surface area contributed by atoms with Crippen molar-refractivity contribution < 1.29 is 17.9 Å². The van der Waals surface area contributed by atoms with E-state index in [4.69, 9.17) is 4.74 Å². The van der Waals surface area contributed by atoms with Gasteiger partial charge in [-0.2, -0.15) is 18.3 Å². The van der Waals surface area contributed by atoms with E-state index in [9.17, 15) is 13.2 Å². The van der Waals surface area contributed by atoms with Crippen LogP contribution in [0.3, 0.4) is 0 Å². The molecule has 3 rings (SSSR count). The van der Waals surface area contributed by atoms with Crippen LogP contribution in [0.15, 0.2) is 59.8 Å². The van der Waals surface area contributed by atoms with E-state index < -0.39 is 11.7 Å². The highest BCUT2D eigenvalue weighted by atomic mass is 19.4. The van der Waals surface area contributed by atoms with Crippen molar-refractivity contribution in [3.8, 4) is 5.75 Å². The number of rotatable bonds is 4. The van der Waals surface area contributed by atoms with E-state index >= 15 is 0 Å². The Hall–Kier alpha value is -3.09. The average molecular weight is 345 g/mol. The van der Waals surface area contributed by atoms with Crippen molar-refractivity contribution in [2.75, 3.05) is 12.5 Å². The largest absolute Gasteiger partial charge is 0.496 e. The molecular weight excluding hydrogens is 331 g/mol. The molecule has 0 aliphatic heterocycles. The summed E-state index contributed by atoms with van der Waals surface area (Å²) in [5.41, 5.74) is 2.67. The predicted molar refractivity (Wildman–Crippen MR) is 91.0 cm³/mol. The minimum absolute atomic E-state index is 0.224. The van der Waals surface area contributed by atoms with Crippen molar-refractivity contribution in [1.82, 2.24) is 4.98 Å². The van der Waals surface area contributed by atoms with E-state index in [0.717, 1.165) is 34.3 Å². The van der Waals surface area contributed by atoms with Gasteiger partial charge in [-0.15, -0.1) is 0 Å². The number of benzene rings is 2. The predicted octanol–water partition coefficient (Wildman–Crippen LogP) is 4.71. The fourth-order valence-electron chi connectivity index (χ4n) is 2.38. The molecule has 128 valence electrons. The number of pyridine rings is 1. The number of halogens is 3. The Balaban J connectivity index is 1.80. The van der Waals surface area contributed by atoms with Crippen LogP contribution in [-0.4, -0.2) is 18.3 Å². The van der Waals surface area contributed by atoms with Gasteiger partial charge in [-0.05, 0) is 29.7 Å². The molecule has 2 aromatic carbocycles. The molecular formula is C18H14F3N3O. The van der Waals surface area contributed by atoms with Crippen LogP contribution in [0, 0.1) is 0 Å². The van der Waals surface area contributed by atoms with Crippen LogP contribution in [0.2, 0.25) is 0 Å². The number of fused-ring (bicyclic) bond motifs is 1. The van der Waals surface area contributed by atoms with Crippen LogP contribution in [0.1, 0.15) is 11.1 Å². The molecule has 25 heavy (non-hydrogen) atoms. The summed E-state index contributed by atoms with van der Waals surface area (Å²) in [5, 5.41) is 5.95. The van der Waals surface area contributed by atoms with Crippen LogP contribution in [0.4, 0.5) is 19.0 Å². The van der Waals surface area contributed by atoms with Crippen LogP contribution < -0.4 is 10.2 Å². The van der Waals surface area contributed by atoms with Gasteiger partial charge in [0.15, 0.2) is 0 Å². The molecule has 0 fully saturated rings. The molecule has 1 heterocycles. The maximum atomic E-state index is 12.5. The molecule has 0 saturated heterocycles. The normalized spacial score (nSPS) is 11.8. The van der Waals surface area contributed by atoms with Crippen molar-refractivity contribution in [3.05, 3.63) is 65.9 Å². The number of nitrogens with zero attached hydrogens (tertiary/aromatic N) is 2. The third-order valence-electron chi connectivity index (χ3n) is 3.61. The number of ether oxygens (including phenoxy) is 1. The summed E-state index contributed by atoms with van der Waals surface area (Å²) in [4.78, 5) is 3.70. The van der Waals surface area contributed by atoms with Crippen LogP contribution in [0.5, 0.6) is 5.75 Å². The van der Waals surface area contributed by atoms with Crippen molar-refractivity contribution in [2.45, 2.75) is 6.18 Å². The van der Waals surface area contributed by atoms with Crippen LogP contribution >= 0.6 is 0 Å². The van der Waals surface area contributed by atoms with Gasteiger partial charge in [0.1, 0.15) is 11.6 Å². The number of hydrogen-bond donors (Lipinski definition) is 1. The van der Waals surface area contributed by atoms with E-state index in [1.165, 1.54) is 6.07 Å². The molecule has 7 heteroatoms. The van der Waals surface area contributed by atoms with Crippen molar-refractivity contribution in [1.29, 1.82) is 0 Å². The van der Waals surface area contributed by atoms with E-state index in [-0.39, 0.29) is 5.82 Å². The first kappa shape index (κ1) is 16.8. The first-order chi connectivity index (χ1) is 12.0. The van der Waals surface area contributed by atoms with Gasteiger partial charge < -0.3 is 4.74 Å². The Morgan fingerprint density at radius 2 is 1.80 bits per heavy atom. The van der Waals surface area contributed by atoms with Crippen molar-refractivity contribution in [3.63, 3.8) is 0 Å². The summed E-state index contributed by atoms with van der Waals surface area (Å²) in [7, 11) is 1.60. The zero-order valence-corrected chi connectivity index (χ0v) is 13.2. The number of hydrazone groups is 1. The summed E-state index contributed by atoms with van der Waals surface area (Å²) in [6.45, 7) is 0. The number of methoxy groups -OCH3 is 1. The lowest BCUT2D eigenvalue weighted by atomic mass is 10.0. The van der Waals surface area contributed by atoms with Gasteiger partial charge in [0.05, 0.1) is 18.9 Å². The highest BCUT2D eigenvalue weighted by Crippen LogP contribution is 2.29. The molecule has 0 amide bonds. The SMILES string of the molecule is COc1ccc(/C=N\Nc2ccc(C(F)(F)F)cn2)c2ccccc12. The van der Waals surface area contributed by atoms with E-state index in [1.807, 2.05) is 36.4 Å². The topological polar surface area (TPSA) is 46.5 Å². The van der Waals surface area contributed by atoms with Crippen molar-refractivity contribution in [2.24, 2.45) is 5.10 Å². The van der Waals surface area contributed by atoms with Gasteiger partial charge in [-0.25, -0.2) is 4.98 Å². The Kier molecular flexibility index (Phi) is 4.56. The highest BCUT2D eigenvalue weighted by Gasteiger charge is 2.30. The third kappa shape index (κ3) is 3.71. The van der Waals surface area contributed by atoms with Gasteiger partial charge in [0.2, 0.25) is 0 Å². The standard InChI is InChI=1S/C18H14F3N3O/c1-25-16-8-6-12(14-4-2-3-5-15(14)16)10-23-24-17-9-7-13(11-22-17)18(19,20)21/h2-11H,1H3,(H,22,24)/b23-10-. The Morgan fingerprint density at radius 3 is 2.44 bits per heavy atom. The number of hydrogen-bond acceptors (Lipinski definition) is 4. The Labute approximate surface area is 142 Å². The molecule has 0 atom stereocenters. The minimum Gasteiger partial charge on any atom is -0.496 e. The maximum absolute atomic E-state index is 12.5. The van der Waals surface area contributed by atoms with Crippen LogP contribution in [0.25, 0.3) is 10.8 Å². The first-order valence-electron chi connectivity index (χ1n) is 7.37. The molecule has 0 aliphatic rings. The molecule has 0 radical (unpaired) electrons. The molecule has 0 aliphatic carbocycles. The molecule has 4 nitrogen and oxygen atoms in total. The molecule has 0 saturated carbocycles. The number of alkyl halides is 3. The second-order valence-corrected chi connectivity index (χ2v) is 5.20. The van der Waals surface area contributed by atoms with Gasteiger partial charge in [0, 0.05) is 17.1 Å². The fraction of sp³-hybridized carbons (Fsp3) is 0.111. The first-order valence-corrected chi connectivity index (χ1v) is 7.37. The van der Waals surface area contributed by atoms with Crippen molar-refractivity contribution >= 4 is 22.8 Å². The minimum atomic E-state index is -4.41. The van der Waals surface area contributed by atoms with E-state index in [0.29, 0.717) is 0 Å². The summed E-state index contributed by atoms with van der Waals surface area (Å²) < 4.78 is 42.8. The number of nitrogens with one attached hydrogen (secondary N) is 1. The summed E-state index contributed by atoms with van der Waals surface area (Å²) in [6, 6.07) is 13.6. The summed E-state index contributed by atoms with van der Waals surface area (Å²) in [5.74, 6) is 0.979. The third-order valence-corrected chi connectivity index (χ3v) is 3.61. The molecule has 0 spiro atoms. The highest BCUT2D eigenvalue weighted by molar-refractivity contribution is 6.02. The lowest BCUT2D eigenvalue weighted by molar-refractivity contribution is -0.137. The smallest absolute Gasteiger partial charge is 0.417 e. The molecule has 3 aromatic rings.